The molecule has 0 atom stereocenters. The first-order valence-corrected chi connectivity index (χ1v) is 12.3. The topological polar surface area (TPSA) is 153 Å². The lowest BCUT2D eigenvalue weighted by molar-refractivity contribution is -0.116. The fraction of sp³-hybridized carbons (Fsp3) is 0.273. The number of nitrogens with one attached hydrogen (secondary N) is 1. The minimum atomic E-state index is -3.39. The van der Waals surface area contributed by atoms with Crippen LogP contribution in [0.2, 0.25) is 0 Å². The molecule has 35 heavy (non-hydrogen) atoms. The van der Waals surface area contributed by atoms with Crippen molar-refractivity contribution in [3.05, 3.63) is 65.5 Å². The molecule has 0 bridgehead atoms. The van der Waals surface area contributed by atoms with Crippen molar-refractivity contribution in [3.8, 4) is 0 Å². The highest BCUT2D eigenvalue weighted by atomic mass is 32.2. The largest absolute Gasteiger partial charge is 0.454 e. The van der Waals surface area contributed by atoms with Crippen LogP contribution in [0.4, 0.5) is 11.4 Å². The van der Waals surface area contributed by atoms with Crippen LogP contribution in [0.1, 0.15) is 33.2 Å². The second-order valence-corrected chi connectivity index (χ2v) is 9.85. The fourth-order valence-corrected chi connectivity index (χ4v) is 4.80. The number of Topliss-reactive ketones (excluding diaryl/α,β-unsaturated/α-hetero) is 1. The average Bonchev–Trinajstić information content (AvgIpc) is 3.52. The smallest absolute Gasteiger partial charge is 0.340 e. The second-order valence-electron chi connectivity index (χ2n) is 7.67. The SMILES string of the molecule is CCS(=O)(=O)N1CCc2cc(C(=O)COC(=O)c3ccccc3NC(=O)Cn3cnnn3)ccc21. The third-order valence-electron chi connectivity index (χ3n) is 5.41. The molecule has 0 spiro atoms. The first-order chi connectivity index (χ1) is 16.8. The maximum absolute atomic E-state index is 12.7. The zero-order valence-corrected chi connectivity index (χ0v) is 19.6. The Bertz CT molecular complexity index is 1370. The van der Waals surface area contributed by atoms with E-state index in [4.69, 9.17) is 4.74 Å². The summed E-state index contributed by atoms with van der Waals surface area (Å²) in [6, 6.07) is 11.0. The van der Waals surface area contributed by atoms with Crippen molar-refractivity contribution in [3.63, 3.8) is 0 Å². The first-order valence-electron chi connectivity index (χ1n) is 10.7. The number of rotatable bonds is 9. The molecule has 4 rings (SSSR count). The van der Waals surface area contributed by atoms with Crippen LogP contribution in [0.3, 0.4) is 0 Å². The molecule has 0 radical (unpaired) electrons. The summed E-state index contributed by atoms with van der Waals surface area (Å²) in [6.07, 6.45) is 1.78. The third-order valence-corrected chi connectivity index (χ3v) is 7.19. The van der Waals surface area contributed by atoms with Gasteiger partial charge in [-0.1, -0.05) is 12.1 Å². The Hall–Kier alpha value is -4.13. The number of amides is 1. The quantitative estimate of drug-likeness (QED) is 0.337. The zero-order valence-electron chi connectivity index (χ0n) is 18.7. The van der Waals surface area contributed by atoms with Crippen molar-refractivity contribution in [2.24, 2.45) is 0 Å². The Morgan fingerprint density at radius 3 is 2.69 bits per heavy atom. The summed E-state index contributed by atoms with van der Waals surface area (Å²) < 4.78 is 32.2. The molecule has 0 unspecified atom stereocenters. The summed E-state index contributed by atoms with van der Waals surface area (Å²) in [5.41, 5.74) is 1.93. The van der Waals surface area contributed by atoms with E-state index in [9.17, 15) is 22.8 Å². The van der Waals surface area contributed by atoms with E-state index in [-0.39, 0.29) is 23.5 Å². The summed E-state index contributed by atoms with van der Waals surface area (Å²) >= 11 is 0. The molecule has 0 fully saturated rings. The van der Waals surface area contributed by atoms with Gasteiger partial charge in [-0.2, -0.15) is 0 Å². The molecule has 182 valence electrons. The van der Waals surface area contributed by atoms with E-state index in [0.29, 0.717) is 24.2 Å². The van der Waals surface area contributed by atoms with Gasteiger partial charge in [-0.05, 0) is 59.7 Å². The summed E-state index contributed by atoms with van der Waals surface area (Å²) in [4.78, 5) is 37.5. The second kappa shape index (κ2) is 10.0. The molecule has 1 aliphatic heterocycles. The van der Waals surface area contributed by atoms with Crippen molar-refractivity contribution >= 4 is 39.1 Å². The van der Waals surface area contributed by atoms with Crippen molar-refractivity contribution in [1.29, 1.82) is 0 Å². The number of carbonyl (C=O) groups is 3. The van der Waals surface area contributed by atoms with Crippen LogP contribution in [0.25, 0.3) is 0 Å². The Labute approximate surface area is 200 Å². The summed E-state index contributed by atoms with van der Waals surface area (Å²) in [5, 5.41) is 13.1. The number of carbonyl (C=O) groups excluding carboxylic acids is 3. The Morgan fingerprint density at radius 2 is 1.94 bits per heavy atom. The van der Waals surface area contributed by atoms with E-state index in [1.807, 2.05) is 0 Å². The van der Waals surface area contributed by atoms with Crippen LogP contribution in [0.15, 0.2) is 48.8 Å². The van der Waals surface area contributed by atoms with Crippen molar-refractivity contribution in [2.45, 2.75) is 19.9 Å². The first kappa shape index (κ1) is 24.0. The molecule has 1 aromatic heterocycles. The van der Waals surface area contributed by atoms with Crippen molar-refractivity contribution in [1.82, 2.24) is 20.2 Å². The molecular weight excluding hydrogens is 476 g/mol. The van der Waals surface area contributed by atoms with Gasteiger partial charge >= 0.3 is 5.97 Å². The standard InChI is InChI=1S/C22H22N6O6S/c1-2-35(32,33)28-10-9-15-11-16(7-8-19(15)28)20(29)13-34-22(31)17-5-3-4-6-18(17)24-21(30)12-27-14-23-25-26-27/h3-8,11,14H,2,9-10,12-13H2,1H3,(H,24,30). The van der Waals surface area contributed by atoms with Gasteiger partial charge in [0.2, 0.25) is 15.9 Å². The number of ketones is 1. The van der Waals surface area contributed by atoms with Crippen LogP contribution in [0.5, 0.6) is 0 Å². The van der Waals surface area contributed by atoms with Gasteiger partial charge in [0, 0.05) is 12.1 Å². The number of nitrogens with zero attached hydrogens (tertiary/aromatic N) is 5. The van der Waals surface area contributed by atoms with E-state index >= 15 is 0 Å². The van der Waals surface area contributed by atoms with E-state index in [1.165, 1.54) is 33.5 Å². The van der Waals surface area contributed by atoms with E-state index < -0.39 is 34.3 Å². The van der Waals surface area contributed by atoms with E-state index in [2.05, 4.69) is 20.8 Å². The maximum Gasteiger partial charge on any atom is 0.340 e. The Morgan fingerprint density at radius 1 is 1.14 bits per heavy atom. The molecule has 12 nitrogen and oxygen atoms in total. The number of hydrogen-bond acceptors (Lipinski definition) is 9. The number of aromatic nitrogens is 4. The highest BCUT2D eigenvalue weighted by Crippen LogP contribution is 2.31. The van der Waals surface area contributed by atoms with Crippen LogP contribution >= 0.6 is 0 Å². The van der Waals surface area contributed by atoms with Gasteiger partial charge < -0.3 is 10.1 Å². The van der Waals surface area contributed by atoms with Gasteiger partial charge in [0.15, 0.2) is 12.4 Å². The molecule has 2 heterocycles. The molecule has 1 aliphatic rings. The summed E-state index contributed by atoms with van der Waals surface area (Å²) in [5.74, 6) is -1.68. The molecule has 3 aromatic rings. The number of ether oxygens (including phenoxy) is 1. The monoisotopic (exact) mass is 498 g/mol. The number of esters is 1. The van der Waals surface area contributed by atoms with E-state index in [1.54, 1.807) is 31.2 Å². The molecular formula is C22H22N6O6S. The van der Waals surface area contributed by atoms with Crippen molar-refractivity contribution < 1.29 is 27.5 Å². The lowest BCUT2D eigenvalue weighted by Gasteiger charge is -2.18. The maximum atomic E-state index is 12.7. The predicted octanol–water partition coefficient (Wildman–Crippen LogP) is 1.06. The lowest BCUT2D eigenvalue weighted by Crippen LogP contribution is -2.30. The number of fused-ring (bicyclic) bond motifs is 1. The Balaban J connectivity index is 1.40. The van der Waals surface area contributed by atoms with Crippen LogP contribution in [-0.4, -0.2) is 65.2 Å². The summed E-state index contributed by atoms with van der Waals surface area (Å²) in [7, 11) is -3.39. The normalized spacial score (nSPS) is 12.8. The number of para-hydroxylation sites is 1. The van der Waals surface area contributed by atoms with Crippen molar-refractivity contribution in [2.75, 3.05) is 28.5 Å². The van der Waals surface area contributed by atoms with Gasteiger partial charge in [-0.15, -0.1) is 5.10 Å². The predicted molar refractivity (Wildman–Crippen MR) is 124 cm³/mol. The molecule has 0 saturated heterocycles. The fourth-order valence-electron chi connectivity index (χ4n) is 3.64. The molecule has 0 aliphatic carbocycles. The molecule has 0 saturated carbocycles. The van der Waals surface area contributed by atoms with Crippen LogP contribution in [0, 0.1) is 0 Å². The Kier molecular flexibility index (Phi) is 6.87. The molecule has 1 N–H and O–H groups in total. The average molecular weight is 499 g/mol. The molecule has 1 amide bonds. The van der Waals surface area contributed by atoms with Gasteiger partial charge in [-0.25, -0.2) is 17.9 Å². The van der Waals surface area contributed by atoms with E-state index in [0.717, 1.165) is 5.56 Å². The lowest BCUT2D eigenvalue weighted by atomic mass is 10.1. The van der Waals surface area contributed by atoms with Crippen LogP contribution in [-0.2, 0) is 32.5 Å². The third kappa shape index (κ3) is 5.35. The highest BCUT2D eigenvalue weighted by molar-refractivity contribution is 7.92. The van der Waals surface area contributed by atoms with Gasteiger partial charge in [0.1, 0.15) is 12.9 Å². The zero-order chi connectivity index (χ0) is 25.0. The number of hydrogen-bond donors (Lipinski definition) is 1. The number of tetrazole rings is 1. The number of anilines is 2. The molecule has 13 heteroatoms. The van der Waals surface area contributed by atoms with Gasteiger partial charge in [0.05, 0.1) is 22.7 Å². The highest BCUT2D eigenvalue weighted by Gasteiger charge is 2.28. The molecule has 2 aromatic carbocycles. The summed E-state index contributed by atoms with van der Waals surface area (Å²) in [6.45, 7) is 1.25. The minimum absolute atomic E-state index is 0.0113. The van der Waals surface area contributed by atoms with Gasteiger partial charge in [-0.3, -0.25) is 13.9 Å². The number of sulfonamides is 1. The minimum Gasteiger partial charge on any atom is -0.454 e. The van der Waals surface area contributed by atoms with Crippen LogP contribution < -0.4 is 9.62 Å². The number of benzene rings is 2. The van der Waals surface area contributed by atoms with Gasteiger partial charge in [0.25, 0.3) is 0 Å².